The van der Waals surface area contributed by atoms with Crippen molar-refractivity contribution in [3.05, 3.63) is 52.3 Å². The number of carbonyl (C=O) groups is 1. The summed E-state index contributed by atoms with van der Waals surface area (Å²) in [5, 5.41) is 18.9. The number of phenolic OH excluding ortho intramolecular Hbond substituents is 1. The minimum absolute atomic E-state index is 0. The number of nitrogens with one attached hydrogen (secondary N) is 1. The van der Waals surface area contributed by atoms with Crippen molar-refractivity contribution in [2.24, 2.45) is 0 Å². The summed E-state index contributed by atoms with van der Waals surface area (Å²) in [6, 6.07) is 6.84. The molecule has 2 aromatic rings. The zero-order valence-corrected chi connectivity index (χ0v) is 20.5. The Bertz CT molecular complexity index is 1130. The second-order valence-corrected chi connectivity index (χ2v) is 9.39. The highest BCUT2D eigenvalue weighted by atomic mass is 79.9. The molecular weight excluding hydrogens is 484 g/mol. The lowest BCUT2D eigenvalue weighted by Gasteiger charge is -2.21. The minimum atomic E-state index is -3.61. The lowest BCUT2D eigenvalue weighted by molar-refractivity contribution is 0.0962. The number of nitrogens with zero attached hydrogens (tertiary/aromatic N) is 3. The maximum atomic E-state index is 13.0. The van der Waals surface area contributed by atoms with E-state index in [9.17, 15) is 18.3 Å². The molecule has 0 spiro atoms. The number of Topliss-reactive ketones (excluding diaryl/α,β-unsaturated/α-hetero) is 1. The SMILES string of the molecule is Br.CCc1ccc2c(n1)C(=N)N(CC(=O)c1cc(CC)c(O)c(N(C)S(C)(=O)=O)c1)C2. The summed E-state index contributed by atoms with van der Waals surface area (Å²) < 4.78 is 24.9. The molecule has 1 aliphatic rings. The summed E-state index contributed by atoms with van der Waals surface area (Å²) in [5.41, 5.74) is 3.24. The Balaban J connectivity index is 0.00000341. The maximum Gasteiger partial charge on any atom is 0.232 e. The van der Waals surface area contributed by atoms with Gasteiger partial charge in [0, 0.05) is 30.4 Å². The Hall–Kier alpha value is -2.46. The summed E-state index contributed by atoms with van der Waals surface area (Å²) in [4.78, 5) is 19.2. The van der Waals surface area contributed by atoms with Crippen LogP contribution < -0.4 is 4.31 Å². The van der Waals surface area contributed by atoms with Crippen LogP contribution in [0.2, 0.25) is 0 Å². The molecule has 168 valence electrons. The summed E-state index contributed by atoms with van der Waals surface area (Å²) in [6.07, 6.45) is 2.24. The van der Waals surface area contributed by atoms with E-state index in [1.165, 1.54) is 13.1 Å². The van der Waals surface area contributed by atoms with Crippen LogP contribution in [0.4, 0.5) is 5.69 Å². The number of aromatic nitrogens is 1. The minimum Gasteiger partial charge on any atom is -0.505 e. The molecule has 2 N–H and O–H groups in total. The van der Waals surface area contributed by atoms with Crippen LogP contribution in [0.5, 0.6) is 5.75 Å². The molecule has 0 bridgehead atoms. The van der Waals surface area contributed by atoms with E-state index in [0.717, 1.165) is 28.2 Å². The lowest BCUT2D eigenvalue weighted by atomic mass is 10.0. The summed E-state index contributed by atoms with van der Waals surface area (Å²) >= 11 is 0. The van der Waals surface area contributed by atoms with E-state index in [2.05, 4.69) is 4.98 Å². The summed E-state index contributed by atoms with van der Waals surface area (Å²) in [7, 11) is -2.28. The number of aryl methyl sites for hydroxylation is 2. The molecule has 0 fully saturated rings. The first-order chi connectivity index (χ1) is 14.1. The first kappa shape index (κ1) is 24.8. The molecule has 0 amide bonds. The molecular formula is C21H27BrN4O4S. The third kappa shape index (κ3) is 4.90. The van der Waals surface area contributed by atoms with Crippen LogP contribution in [0.3, 0.4) is 0 Å². The molecule has 0 saturated heterocycles. The van der Waals surface area contributed by atoms with Crippen molar-refractivity contribution in [3.8, 4) is 5.75 Å². The zero-order valence-electron chi connectivity index (χ0n) is 18.0. The molecule has 1 aromatic carbocycles. The van der Waals surface area contributed by atoms with Gasteiger partial charge in [-0.3, -0.25) is 14.5 Å². The quantitative estimate of drug-likeness (QED) is 0.553. The fraction of sp³-hybridized carbons (Fsp3) is 0.381. The highest BCUT2D eigenvalue weighted by Crippen LogP contribution is 2.34. The van der Waals surface area contributed by atoms with E-state index in [1.54, 1.807) is 11.0 Å². The molecule has 0 unspecified atom stereocenters. The van der Waals surface area contributed by atoms with Gasteiger partial charge >= 0.3 is 0 Å². The molecule has 1 aromatic heterocycles. The van der Waals surface area contributed by atoms with Crippen LogP contribution in [-0.4, -0.2) is 54.9 Å². The number of amidine groups is 1. The number of halogens is 1. The molecule has 0 saturated carbocycles. The van der Waals surface area contributed by atoms with E-state index in [0.29, 0.717) is 29.8 Å². The van der Waals surface area contributed by atoms with Gasteiger partial charge in [-0.15, -0.1) is 17.0 Å². The Morgan fingerprint density at radius 1 is 1.26 bits per heavy atom. The van der Waals surface area contributed by atoms with Crippen molar-refractivity contribution in [3.63, 3.8) is 0 Å². The van der Waals surface area contributed by atoms with Crippen LogP contribution in [0.1, 0.15) is 46.7 Å². The molecule has 0 atom stereocenters. The maximum absolute atomic E-state index is 13.0. The number of sulfonamides is 1. The zero-order chi connectivity index (χ0) is 22.2. The van der Waals surface area contributed by atoms with Gasteiger partial charge in [0.1, 0.15) is 17.3 Å². The standard InChI is InChI=1S/C21H26N4O4S.BrH/c1-5-13-9-15(10-17(20(13)27)24(3)30(4,28)29)18(26)12-25-11-14-7-8-16(6-2)23-19(14)21(25)22;/h7-10,22,27H,5-6,11-12H2,1-4H3;1H. The average molecular weight is 511 g/mol. The molecule has 0 aliphatic carbocycles. The molecule has 1 aliphatic heterocycles. The van der Waals surface area contributed by atoms with Gasteiger partial charge in [-0.05, 0) is 36.6 Å². The Labute approximate surface area is 193 Å². The topological polar surface area (TPSA) is 115 Å². The van der Waals surface area contributed by atoms with E-state index in [1.807, 2.05) is 26.0 Å². The number of pyridine rings is 1. The highest BCUT2D eigenvalue weighted by molar-refractivity contribution is 8.93. The molecule has 0 radical (unpaired) electrons. The number of benzene rings is 1. The number of hydrogen-bond donors (Lipinski definition) is 2. The van der Waals surface area contributed by atoms with Gasteiger partial charge in [0.25, 0.3) is 0 Å². The van der Waals surface area contributed by atoms with E-state index in [-0.39, 0.29) is 46.6 Å². The van der Waals surface area contributed by atoms with Crippen molar-refractivity contribution in [1.29, 1.82) is 5.41 Å². The van der Waals surface area contributed by atoms with Crippen molar-refractivity contribution in [2.75, 3.05) is 24.2 Å². The van der Waals surface area contributed by atoms with Gasteiger partial charge in [0.2, 0.25) is 10.0 Å². The summed E-state index contributed by atoms with van der Waals surface area (Å²) in [5.74, 6) is -0.211. The number of rotatable bonds is 7. The molecule has 10 heteroatoms. The van der Waals surface area contributed by atoms with Gasteiger partial charge in [-0.1, -0.05) is 19.9 Å². The normalized spacial score (nSPS) is 13.0. The number of aromatic hydroxyl groups is 1. The second kappa shape index (κ2) is 9.35. The predicted molar refractivity (Wildman–Crippen MR) is 126 cm³/mol. The Kier molecular flexibility index (Phi) is 7.48. The third-order valence-electron chi connectivity index (χ3n) is 5.34. The van der Waals surface area contributed by atoms with E-state index in [4.69, 9.17) is 5.41 Å². The number of ketones is 1. The Morgan fingerprint density at radius 2 is 1.94 bits per heavy atom. The number of hydrogen-bond acceptors (Lipinski definition) is 6. The smallest absolute Gasteiger partial charge is 0.232 e. The molecule has 31 heavy (non-hydrogen) atoms. The van der Waals surface area contributed by atoms with Crippen molar-refractivity contribution in [1.82, 2.24) is 9.88 Å². The van der Waals surface area contributed by atoms with Crippen molar-refractivity contribution >= 4 is 44.3 Å². The fourth-order valence-corrected chi connectivity index (χ4v) is 3.92. The van der Waals surface area contributed by atoms with Crippen LogP contribution in [0.25, 0.3) is 0 Å². The Morgan fingerprint density at radius 3 is 2.52 bits per heavy atom. The van der Waals surface area contributed by atoms with Crippen LogP contribution in [-0.2, 0) is 29.4 Å². The second-order valence-electron chi connectivity index (χ2n) is 7.38. The fourth-order valence-electron chi connectivity index (χ4n) is 3.42. The number of carbonyl (C=O) groups excluding carboxylic acids is 1. The van der Waals surface area contributed by atoms with Crippen molar-refractivity contribution in [2.45, 2.75) is 33.2 Å². The van der Waals surface area contributed by atoms with Crippen LogP contribution in [0, 0.1) is 5.41 Å². The van der Waals surface area contributed by atoms with Crippen LogP contribution >= 0.6 is 17.0 Å². The van der Waals surface area contributed by atoms with Gasteiger partial charge < -0.3 is 10.0 Å². The third-order valence-corrected chi connectivity index (χ3v) is 6.53. The molecule has 3 rings (SSSR count). The number of fused-ring (bicyclic) bond motifs is 1. The van der Waals surface area contributed by atoms with Gasteiger partial charge in [-0.2, -0.15) is 0 Å². The highest BCUT2D eigenvalue weighted by Gasteiger charge is 2.28. The van der Waals surface area contributed by atoms with Gasteiger partial charge in [0.15, 0.2) is 5.78 Å². The first-order valence-electron chi connectivity index (χ1n) is 9.72. The average Bonchev–Trinajstić information content (AvgIpc) is 3.01. The largest absolute Gasteiger partial charge is 0.505 e. The predicted octanol–water partition coefficient (Wildman–Crippen LogP) is 2.91. The van der Waals surface area contributed by atoms with Gasteiger partial charge in [-0.25, -0.2) is 13.4 Å². The number of phenols is 1. The van der Waals surface area contributed by atoms with Gasteiger partial charge in [0.05, 0.1) is 18.5 Å². The summed E-state index contributed by atoms with van der Waals surface area (Å²) in [6.45, 7) is 4.20. The van der Waals surface area contributed by atoms with Crippen molar-refractivity contribution < 1.29 is 18.3 Å². The molecule has 8 nitrogen and oxygen atoms in total. The lowest BCUT2D eigenvalue weighted by Crippen LogP contribution is -2.31. The monoisotopic (exact) mass is 510 g/mol. The van der Waals surface area contributed by atoms with E-state index < -0.39 is 10.0 Å². The van der Waals surface area contributed by atoms with E-state index >= 15 is 0 Å². The molecule has 2 heterocycles. The van der Waals surface area contributed by atoms with Crippen LogP contribution in [0.15, 0.2) is 24.3 Å². The number of anilines is 1. The first-order valence-corrected chi connectivity index (χ1v) is 11.6.